The molecule has 1 aliphatic rings. The fourth-order valence-electron chi connectivity index (χ4n) is 3.44. The summed E-state index contributed by atoms with van der Waals surface area (Å²) in [5.41, 5.74) is 0.924. The van der Waals surface area contributed by atoms with Crippen molar-refractivity contribution in [2.24, 2.45) is 11.8 Å². The van der Waals surface area contributed by atoms with Crippen LogP contribution in [0.25, 0.3) is 5.65 Å². The van der Waals surface area contributed by atoms with E-state index in [1.54, 1.807) is 0 Å². The van der Waals surface area contributed by atoms with Gasteiger partial charge in [-0.25, -0.2) is 0 Å². The summed E-state index contributed by atoms with van der Waals surface area (Å²) in [6.07, 6.45) is 7.42. The van der Waals surface area contributed by atoms with E-state index in [-0.39, 0.29) is 0 Å². The number of hydrogen-bond donors (Lipinski definition) is 1. The van der Waals surface area contributed by atoms with Gasteiger partial charge in [0.2, 0.25) is 0 Å². The van der Waals surface area contributed by atoms with Crippen molar-refractivity contribution in [3.05, 3.63) is 30.2 Å². The van der Waals surface area contributed by atoms with Gasteiger partial charge in [-0.1, -0.05) is 32.8 Å². The highest BCUT2D eigenvalue weighted by Crippen LogP contribution is 2.30. The summed E-state index contributed by atoms with van der Waals surface area (Å²) in [6.45, 7) is 5.49. The Balaban J connectivity index is 1.69. The maximum absolute atomic E-state index is 4.30. The molecule has 0 aromatic carbocycles. The van der Waals surface area contributed by atoms with Crippen molar-refractivity contribution in [2.75, 3.05) is 0 Å². The highest BCUT2D eigenvalue weighted by molar-refractivity contribution is 5.36. The summed E-state index contributed by atoms with van der Waals surface area (Å²) in [7, 11) is 0. The molecule has 108 valence electrons. The topological polar surface area (TPSA) is 42.2 Å². The molecule has 4 heteroatoms. The van der Waals surface area contributed by atoms with Crippen molar-refractivity contribution in [3.63, 3.8) is 0 Å². The number of fused-ring (bicyclic) bond motifs is 1. The van der Waals surface area contributed by atoms with Crippen molar-refractivity contribution < 1.29 is 0 Å². The van der Waals surface area contributed by atoms with Crippen LogP contribution in [-0.2, 0) is 6.54 Å². The first kappa shape index (κ1) is 13.6. The van der Waals surface area contributed by atoms with Gasteiger partial charge in [-0.05, 0) is 36.8 Å². The van der Waals surface area contributed by atoms with Crippen LogP contribution >= 0.6 is 0 Å². The molecule has 1 saturated carbocycles. The van der Waals surface area contributed by atoms with Crippen LogP contribution in [0.1, 0.15) is 45.4 Å². The average molecular weight is 272 g/mol. The number of nitrogens with one attached hydrogen (secondary N) is 1. The molecule has 0 radical (unpaired) electrons. The van der Waals surface area contributed by atoms with E-state index in [4.69, 9.17) is 0 Å². The summed E-state index contributed by atoms with van der Waals surface area (Å²) < 4.78 is 2.07. The Morgan fingerprint density at radius 2 is 2.10 bits per heavy atom. The van der Waals surface area contributed by atoms with Gasteiger partial charge in [0.1, 0.15) is 0 Å². The molecule has 4 nitrogen and oxygen atoms in total. The van der Waals surface area contributed by atoms with Crippen molar-refractivity contribution in [2.45, 2.75) is 52.1 Å². The van der Waals surface area contributed by atoms with Gasteiger partial charge in [-0.2, -0.15) is 0 Å². The van der Waals surface area contributed by atoms with E-state index in [2.05, 4.69) is 33.8 Å². The molecule has 0 spiro atoms. The lowest BCUT2D eigenvalue weighted by molar-refractivity contribution is 0.203. The Bertz CT molecular complexity index is 560. The minimum Gasteiger partial charge on any atom is -0.307 e. The van der Waals surface area contributed by atoms with Crippen LogP contribution in [0.3, 0.4) is 0 Å². The van der Waals surface area contributed by atoms with Crippen LogP contribution in [0.4, 0.5) is 0 Å². The van der Waals surface area contributed by atoms with Crippen LogP contribution in [0.2, 0.25) is 0 Å². The Hall–Kier alpha value is -1.42. The Labute approximate surface area is 120 Å². The first-order chi connectivity index (χ1) is 9.75. The fraction of sp³-hybridized carbons (Fsp3) is 0.625. The molecule has 0 saturated heterocycles. The van der Waals surface area contributed by atoms with Crippen molar-refractivity contribution in [1.82, 2.24) is 19.9 Å². The monoisotopic (exact) mass is 272 g/mol. The summed E-state index contributed by atoms with van der Waals surface area (Å²) in [5.74, 6) is 2.56. The summed E-state index contributed by atoms with van der Waals surface area (Å²) in [4.78, 5) is 0. The molecule has 0 amide bonds. The van der Waals surface area contributed by atoms with Gasteiger partial charge >= 0.3 is 0 Å². The van der Waals surface area contributed by atoms with Gasteiger partial charge in [-0.15, -0.1) is 10.2 Å². The smallest absolute Gasteiger partial charge is 0.160 e. The maximum atomic E-state index is 4.30. The summed E-state index contributed by atoms with van der Waals surface area (Å²) in [6, 6.07) is 6.64. The second-order valence-electron chi connectivity index (χ2n) is 6.22. The Morgan fingerprint density at radius 3 is 2.95 bits per heavy atom. The molecule has 2 aromatic heterocycles. The first-order valence-corrected chi connectivity index (χ1v) is 7.77. The van der Waals surface area contributed by atoms with Crippen LogP contribution in [-0.4, -0.2) is 20.6 Å². The largest absolute Gasteiger partial charge is 0.307 e. The first-order valence-electron chi connectivity index (χ1n) is 7.77. The molecule has 0 aliphatic heterocycles. The molecule has 2 aromatic rings. The van der Waals surface area contributed by atoms with Crippen LogP contribution in [0, 0.1) is 11.8 Å². The second kappa shape index (κ2) is 5.92. The molecule has 1 aliphatic carbocycles. The normalized spacial score (nSPS) is 23.6. The Kier molecular flexibility index (Phi) is 4.01. The number of nitrogens with zero attached hydrogens (tertiary/aromatic N) is 3. The van der Waals surface area contributed by atoms with Gasteiger partial charge in [0.05, 0.1) is 6.54 Å². The second-order valence-corrected chi connectivity index (χ2v) is 6.22. The third kappa shape index (κ3) is 2.70. The third-order valence-corrected chi connectivity index (χ3v) is 4.58. The third-order valence-electron chi connectivity index (χ3n) is 4.58. The average Bonchev–Trinajstić information content (AvgIpc) is 2.88. The van der Waals surface area contributed by atoms with E-state index < -0.39 is 0 Å². The van der Waals surface area contributed by atoms with E-state index in [9.17, 15) is 0 Å². The van der Waals surface area contributed by atoms with Gasteiger partial charge in [0.15, 0.2) is 11.5 Å². The molecule has 20 heavy (non-hydrogen) atoms. The van der Waals surface area contributed by atoms with E-state index in [0.717, 1.165) is 29.9 Å². The highest BCUT2D eigenvalue weighted by atomic mass is 15.3. The summed E-state index contributed by atoms with van der Waals surface area (Å²) >= 11 is 0. The zero-order valence-corrected chi connectivity index (χ0v) is 12.4. The standard InChI is InChI=1S/C16H24N4/c1-12(2)13-7-3-4-8-14(13)17-11-16-19-18-15-9-5-6-10-20(15)16/h5-6,9-10,12-14,17H,3-4,7-8,11H2,1-2H3. The van der Waals surface area contributed by atoms with Crippen molar-refractivity contribution in [1.29, 1.82) is 0 Å². The zero-order chi connectivity index (χ0) is 13.9. The number of hydrogen-bond acceptors (Lipinski definition) is 3. The lowest BCUT2D eigenvalue weighted by Crippen LogP contribution is -2.40. The number of rotatable bonds is 4. The van der Waals surface area contributed by atoms with E-state index in [0.29, 0.717) is 6.04 Å². The van der Waals surface area contributed by atoms with Crippen LogP contribution < -0.4 is 5.32 Å². The molecular weight excluding hydrogens is 248 g/mol. The van der Waals surface area contributed by atoms with Crippen molar-refractivity contribution >= 4 is 5.65 Å². The van der Waals surface area contributed by atoms with Crippen molar-refractivity contribution in [3.8, 4) is 0 Å². The van der Waals surface area contributed by atoms with Gasteiger partial charge < -0.3 is 5.32 Å². The number of aromatic nitrogens is 3. The SMILES string of the molecule is CC(C)C1CCCCC1NCc1nnc2ccccn12. The lowest BCUT2D eigenvalue weighted by atomic mass is 9.78. The molecule has 2 unspecified atom stereocenters. The predicted octanol–water partition coefficient (Wildman–Crippen LogP) is 3.03. The van der Waals surface area contributed by atoms with Crippen LogP contribution in [0.15, 0.2) is 24.4 Å². The van der Waals surface area contributed by atoms with E-state index in [1.807, 2.05) is 24.4 Å². The molecule has 3 rings (SSSR count). The molecule has 2 heterocycles. The quantitative estimate of drug-likeness (QED) is 0.930. The molecule has 2 atom stereocenters. The van der Waals surface area contributed by atoms with E-state index in [1.165, 1.54) is 25.7 Å². The zero-order valence-electron chi connectivity index (χ0n) is 12.4. The number of pyridine rings is 1. The molecule has 0 bridgehead atoms. The highest BCUT2D eigenvalue weighted by Gasteiger charge is 2.27. The molecule has 1 N–H and O–H groups in total. The summed E-state index contributed by atoms with van der Waals surface area (Å²) in [5, 5.41) is 12.2. The fourth-order valence-corrected chi connectivity index (χ4v) is 3.44. The van der Waals surface area contributed by atoms with E-state index >= 15 is 0 Å². The predicted molar refractivity (Wildman–Crippen MR) is 80.4 cm³/mol. The van der Waals surface area contributed by atoms with Gasteiger partial charge in [-0.3, -0.25) is 4.40 Å². The molecular formula is C16H24N4. The minimum absolute atomic E-state index is 0.625. The lowest BCUT2D eigenvalue weighted by Gasteiger charge is -2.35. The van der Waals surface area contributed by atoms with Crippen LogP contribution in [0.5, 0.6) is 0 Å². The molecule has 1 fully saturated rings. The maximum Gasteiger partial charge on any atom is 0.160 e. The van der Waals surface area contributed by atoms with Gasteiger partial charge in [0, 0.05) is 12.2 Å². The minimum atomic E-state index is 0.625. The Morgan fingerprint density at radius 1 is 1.25 bits per heavy atom. The van der Waals surface area contributed by atoms with Gasteiger partial charge in [0.25, 0.3) is 0 Å².